The number of carbonyl (C=O) groups excluding carboxylic acids is 1. The van der Waals surface area contributed by atoms with Crippen molar-refractivity contribution in [1.29, 1.82) is 0 Å². The van der Waals surface area contributed by atoms with Gasteiger partial charge in [-0.3, -0.25) is 9.78 Å². The van der Waals surface area contributed by atoms with Crippen molar-refractivity contribution in [2.45, 2.75) is 39.5 Å². The number of aromatic nitrogens is 5. The molecule has 9 nitrogen and oxygen atoms in total. The Morgan fingerprint density at radius 1 is 1.12 bits per heavy atom. The van der Waals surface area contributed by atoms with E-state index < -0.39 is 0 Å². The van der Waals surface area contributed by atoms with E-state index >= 15 is 0 Å². The van der Waals surface area contributed by atoms with E-state index in [0.29, 0.717) is 17.1 Å². The molecule has 0 bridgehead atoms. The van der Waals surface area contributed by atoms with Gasteiger partial charge in [-0.05, 0) is 37.1 Å². The van der Waals surface area contributed by atoms with Crippen LogP contribution in [0.1, 0.15) is 48.9 Å². The number of hydrogen-bond donors (Lipinski definition) is 1. The maximum Gasteiger partial charge on any atom is 0.256 e. The van der Waals surface area contributed by atoms with Gasteiger partial charge in [0.15, 0.2) is 5.82 Å². The van der Waals surface area contributed by atoms with Crippen LogP contribution in [0.2, 0.25) is 0 Å². The minimum absolute atomic E-state index is 0.192. The number of aryl methyl sites for hydroxylation is 1. The van der Waals surface area contributed by atoms with Crippen LogP contribution in [0.25, 0.3) is 16.9 Å². The summed E-state index contributed by atoms with van der Waals surface area (Å²) >= 11 is 0. The summed E-state index contributed by atoms with van der Waals surface area (Å²) < 4.78 is 7.05. The maximum atomic E-state index is 12.9. The summed E-state index contributed by atoms with van der Waals surface area (Å²) in [5.41, 5.74) is 4.76. The van der Waals surface area contributed by atoms with E-state index in [-0.39, 0.29) is 11.3 Å². The van der Waals surface area contributed by atoms with Crippen molar-refractivity contribution in [3.8, 4) is 16.9 Å². The predicted octanol–water partition coefficient (Wildman–Crippen LogP) is 4.39. The van der Waals surface area contributed by atoms with E-state index in [2.05, 4.69) is 36.7 Å². The third-order valence-corrected chi connectivity index (χ3v) is 5.94. The van der Waals surface area contributed by atoms with Gasteiger partial charge < -0.3 is 14.7 Å². The van der Waals surface area contributed by atoms with E-state index in [4.69, 9.17) is 4.52 Å². The third kappa shape index (κ3) is 4.28. The van der Waals surface area contributed by atoms with E-state index in [9.17, 15) is 4.79 Å². The van der Waals surface area contributed by atoms with Gasteiger partial charge in [0.05, 0.1) is 23.8 Å². The molecule has 1 aliphatic rings. The van der Waals surface area contributed by atoms with Crippen LogP contribution < -0.4 is 10.2 Å². The number of carbonyl (C=O) groups is 1. The van der Waals surface area contributed by atoms with Crippen molar-refractivity contribution in [2.75, 3.05) is 23.3 Å². The lowest BCUT2D eigenvalue weighted by molar-refractivity contribution is 0.102. The molecule has 0 spiro atoms. The zero-order valence-electron chi connectivity index (χ0n) is 19.7. The molecule has 0 saturated carbocycles. The fourth-order valence-electron chi connectivity index (χ4n) is 3.70. The zero-order valence-corrected chi connectivity index (χ0v) is 19.7. The highest BCUT2D eigenvalue weighted by atomic mass is 16.5. The summed E-state index contributed by atoms with van der Waals surface area (Å²) in [6.45, 7) is 10.1. The van der Waals surface area contributed by atoms with Crippen LogP contribution in [0.5, 0.6) is 0 Å². The van der Waals surface area contributed by atoms with E-state index in [1.807, 2.05) is 46.2 Å². The van der Waals surface area contributed by atoms with Crippen molar-refractivity contribution < 1.29 is 9.32 Å². The van der Waals surface area contributed by atoms with E-state index in [1.54, 1.807) is 29.1 Å². The predicted molar refractivity (Wildman–Crippen MR) is 129 cm³/mol. The van der Waals surface area contributed by atoms with E-state index in [0.717, 1.165) is 41.3 Å². The molecule has 3 aromatic heterocycles. The molecule has 0 unspecified atom stereocenters. The summed E-state index contributed by atoms with van der Waals surface area (Å²) in [4.78, 5) is 19.5. The van der Waals surface area contributed by atoms with Crippen molar-refractivity contribution in [3.05, 3.63) is 65.8 Å². The number of amides is 1. The summed E-state index contributed by atoms with van der Waals surface area (Å²) in [7, 11) is 0. The lowest BCUT2D eigenvalue weighted by Crippen LogP contribution is -2.36. The molecule has 5 rings (SSSR count). The van der Waals surface area contributed by atoms with Gasteiger partial charge in [-0.15, -0.1) is 5.10 Å². The molecule has 4 heterocycles. The number of benzene rings is 1. The minimum atomic E-state index is -0.276. The first-order valence-electron chi connectivity index (χ1n) is 11.3. The normalized spacial score (nSPS) is 13.6. The second-order valence-corrected chi connectivity index (χ2v) is 9.60. The highest BCUT2D eigenvalue weighted by Crippen LogP contribution is 2.27. The molecule has 34 heavy (non-hydrogen) atoms. The molecule has 1 saturated heterocycles. The second-order valence-electron chi connectivity index (χ2n) is 9.60. The molecule has 0 radical (unpaired) electrons. The Balaban J connectivity index is 1.38. The Kier molecular flexibility index (Phi) is 5.39. The van der Waals surface area contributed by atoms with Crippen LogP contribution in [0, 0.1) is 6.92 Å². The SMILES string of the molecule is Cc1ccc(C(=O)Nc2cc(C(C)(C)C)on2)cc1-n1cc(-c2cncc(N3CCC3)c2)nn1. The summed E-state index contributed by atoms with van der Waals surface area (Å²) in [6.07, 6.45) is 6.73. The molecule has 0 aliphatic carbocycles. The van der Waals surface area contributed by atoms with Crippen molar-refractivity contribution in [2.24, 2.45) is 0 Å². The highest BCUT2D eigenvalue weighted by molar-refractivity contribution is 6.04. The van der Waals surface area contributed by atoms with Gasteiger partial charge in [-0.2, -0.15) is 0 Å². The second kappa shape index (κ2) is 8.40. The monoisotopic (exact) mass is 457 g/mol. The number of pyridine rings is 1. The maximum absolute atomic E-state index is 12.9. The molecule has 1 amide bonds. The fraction of sp³-hybridized carbons (Fsp3) is 0.320. The van der Waals surface area contributed by atoms with Crippen LogP contribution in [0.3, 0.4) is 0 Å². The fourth-order valence-corrected chi connectivity index (χ4v) is 3.70. The van der Waals surface area contributed by atoms with Gasteiger partial charge >= 0.3 is 0 Å². The van der Waals surface area contributed by atoms with Crippen LogP contribution in [-0.2, 0) is 5.41 Å². The molecule has 1 fully saturated rings. The van der Waals surface area contributed by atoms with Crippen LogP contribution >= 0.6 is 0 Å². The van der Waals surface area contributed by atoms with Gasteiger partial charge in [0, 0.05) is 41.9 Å². The number of anilines is 2. The van der Waals surface area contributed by atoms with E-state index in [1.165, 1.54) is 6.42 Å². The van der Waals surface area contributed by atoms with Crippen LogP contribution in [-0.4, -0.2) is 44.1 Å². The minimum Gasteiger partial charge on any atom is -0.370 e. The Labute approximate surface area is 197 Å². The number of hydrogen-bond acceptors (Lipinski definition) is 7. The lowest BCUT2D eigenvalue weighted by Gasteiger charge is -2.32. The average Bonchev–Trinajstić information content (AvgIpc) is 3.43. The molecule has 1 N–H and O–H groups in total. The molecule has 4 aromatic rings. The van der Waals surface area contributed by atoms with Crippen molar-refractivity contribution in [1.82, 2.24) is 25.1 Å². The molecule has 0 atom stereocenters. The van der Waals surface area contributed by atoms with Gasteiger partial charge in [-0.1, -0.05) is 37.2 Å². The zero-order chi connectivity index (χ0) is 23.9. The average molecular weight is 458 g/mol. The number of nitrogens with zero attached hydrogens (tertiary/aromatic N) is 6. The number of rotatable bonds is 5. The smallest absolute Gasteiger partial charge is 0.256 e. The molecule has 1 aliphatic heterocycles. The van der Waals surface area contributed by atoms with Gasteiger partial charge in [0.2, 0.25) is 0 Å². The Morgan fingerprint density at radius 3 is 2.65 bits per heavy atom. The van der Waals surface area contributed by atoms with Crippen LogP contribution in [0.4, 0.5) is 11.5 Å². The quantitative estimate of drug-likeness (QED) is 0.474. The third-order valence-electron chi connectivity index (χ3n) is 5.94. The molecular weight excluding hydrogens is 430 g/mol. The Bertz CT molecular complexity index is 1350. The lowest BCUT2D eigenvalue weighted by atomic mass is 9.93. The first-order chi connectivity index (χ1) is 16.3. The molecule has 174 valence electrons. The van der Waals surface area contributed by atoms with Crippen molar-refractivity contribution in [3.63, 3.8) is 0 Å². The van der Waals surface area contributed by atoms with Gasteiger partial charge in [0.1, 0.15) is 11.5 Å². The largest absolute Gasteiger partial charge is 0.370 e. The highest BCUT2D eigenvalue weighted by Gasteiger charge is 2.21. The first kappa shape index (κ1) is 21.8. The first-order valence-corrected chi connectivity index (χ1v) is 11.3. The molecular formula is C25H27N7O2. The van der Waals surface area contributed by atoms with Crippen molar-refractivity contribution >= 4 is 17.4 Å². The topological polar surface area (TPSA) is 102 Å². The molecule has 9 heteroatoms. The van der Waals surface area contributed by atoms with Gasteiger partial charge in [0.25, 0.3) is 5.91 Å². The standard InChI is InChI=1S/C25H27N7O2/c1-16-6-7-17(24(33)27-23-12-22(34-29-23)25(2,3)4)11-21(16)32-15-20(28-30-32)18-10-19(14-26-13-18)31-8-5-9-31/h6-7,10-15H,5,8-9H2,1-4H3,(H,27,29,33). The van der Waals surface area contributed by atoms with Crippen LogP contribution in [0.15, 0.2) is 53.4 Å². The number of nitrogens with one attached hydrogen (secondary N) is 1. The van der Waals surface area contributed by atoms with Gasteiger partial charge in [-0.25, -0.2) is 4.68 Å². The summed E-state index contributed by atoms with van der Waals surface area (Å²) in [5, 5.41) is 15.4. The Morgan fingerprint density at radius 2 is 1.94 bits per heavy atom. The molecule has 1 aromatic carbocycles. The Hall–Kier alpha value is -4.01. The summed E-state index contributed by atoms with van der Waals surface area (Å²) in [5.74, 6) is 0.812. The summed E-state index contributed by atoms with van der Waals surface area (Å²) in [6, 6.07) is 9.29.